The molecule has 0 fully saturated rings. The van der Waals surface area contributed by atoms with E-state index in [9.17, 15) is 9.59 Å². The van der Waals surface area contributed by atoms with Crippen LogP contribution in [0.2, 0.25) is 0 Å². The third kappa shape index (κ3) is 3.21. The first-order valence-electron chi connectivity index (χ1n) is 5.37. The van der Waals surface area contributed by atoms with Crippen LogP contribution in [-0.4, -0.2) is 37.2 Å². The van der Waals surface area contributed by atoms with Gasteiger partial charge in [-0.2, -0.15) is 0 Å². The number of amides is 1. The molecular formula is C12H16N2O4. The molecule has 18 heavy (non-hydrogen) atoms. The fourth-order valence-electron chi connectivity index (χ4n) is 1.53. The molecule has 0 heterocycles. The van der Waals surface area contributed by atoms with Gasteiger partial charge in [0, 0.05) is 7.05 Å². The Morgan fingerprint density at radius 3 is 2.67 bits per heavy atom. The fourth-order valence-corrected chi connectivity index (χ4v) is 1.53. The molecule has 0 bridgehead atoms. The molecule has 0 aliphatic rings. The first-order valence-corrected chi connectivity index (χ1v) is 5.37. The molecule has 4 N–H and O–H groups in total. The zero-order valence-corrected chi connectivity index (χ0v) is 10.3. The standard InChI is InChI=1S/C12H16N2O4/c1-14-11(15)8-4-3-7(6-10(8)18-2)5-9(13)12(16)17/h3-4,6,9H,5,13H2,1-2H3,(H,14,15)(H,16,17). The Morgan fingerprint density at radius 2 is 2.17 bits per heavy atom. The van der Waals surface area contributed by atoms with E-state index in [1.54, 1.807) is 18.2 Å². The van der Waals surface area contributed by atoms with E-state index >= 15 is 0 Å². The molecule has 0 saturated heterocycles. The maximum absolute atomic E-state index is 11.5. The Kier molecular flexibility index (Phi) is 4.67. The first-order chi connectivity index (χ1) is 8.49. The van der Waals surface area contributed by atoms with Crippen molar-refractivity contribution in [1.82, 2.24) is 5.32 Å². The number of hydrogen-bond acceptors (Lipinski definition) is 4. The van der Waals surface area contributed by atoms with Gasteiger partial charge in [-0.15, -0.1) is 0 Å². The molecule has 0 aromatic heterocycles. The Balaban J connectivity index is 2.98. The van der Waals surface area contributed by atoms with Crippen LogP contribution in [-0.2, 0) is 11.2 Å². The lowest BCUT2D eigenvalue weighted by Gasteiger charge is -2.11. The average Bonchev–Trinajstić information content (AvgIpc) is 2.37. The number of carboxylic acid groups (broad SMARTS) is 1. The molecule has 98 valence electrons. The van der Waals surface area contributed by atoms with Crippen molar-refractivity contribution < 1.29 is 19.4 Å². The second-order valence-corrected chi connectivity index (χ2v) is 3.76. The molecule has 0 spiro atoms. The molecule has 1 unspecified atom stereocenters. The molecule has 1 atom stereocenters. The Hall–Kier alpha value is -2.08. The summed E-state index contributed by atoms with van der Waals surface area (Å²) >= 11 is 0. The predicted octanol–water partition coefficient (Wildman–Crippen LogP) is 0.00920. The van der Waals surface area contributed by atoms with Gasteiger partial charge in [-0.3, -0.25) is 9.59 Å². The van der Waals surface area contributed by atoms with E-state index in [2.05, 4.69) is 5.32 Å². The van der Waals surface area contributed by atoms with Gasteiger partial charge < -0.3 is 20.9 Å². The molecule has 6 nitrogen and oxygen atoms in total. The van der Waals surface area contributed by atoms with Gasteiger partial charge in [-0.1, -0.05) is 6.07 Å². The van der Waals surface area contributed by atoms with Crippen LogP contribution in [0.25, 0.3) is 0 Å². The van der Waals surface area contributed by atoms with Gasteiger partial charge in [0.1, 0.15) is 11.8 Å². The van der Waals surface area contributed by atoms with E-state index in [0.717, 1.165) is 0 Å². The quantitative estimate of drug-likeness (QED) is 0.685. The van der Waals surface area contributed by atoms with Crippen molar-refractivity contribution in [3.05, 3.63) is 29.3 Å². The summed E-state index contributed by atoms with van der Waals surface area (Å²) < 4.78 is 5.10. The number of benzene rings is 1. The minimum Gasteiger partial charge on any atom is -0.496 e. The Labute approximate surface area is 105 Å². The molecule has 0 saturated carbocycles. The maximum atomic E-state index is 11.5. The van der Waals surface area contributed by atoms with Crippen molar-refractivity contribution in [1.29, 1.82) is 0 Å². The van der Waals surface area contributed by atoms with Crippen molar-refractivity contribution in [2.45, 2.75) is 12.5 Å². The van der Waals surface area contributed by atoms with E-state index < -0.39 is 12.0 Å². The van der Waals surface area contributed by atoms with E-state index in [1.165, 1.54) is 14.2 Å². The minimum absolute atomic E-state index is 0.180. The highest BCUT2D eigenvalue weighted by molar-refractivity contribution is 5.96. The van der Waals surface area contributed by atoms with Crippen molar-refractivity contribution in [2.75, 3.05) is 14.2 Å². The van der Waals surface area contributed by atoms with E-state index in [-0.39, 0.29) is 12.3 Å². The Bertz CT molecular complexity index is 459. The summed E-state index contributed by atoms with van der Waals surface area (Å²) in [6, 6.07) is 3.89. The van der Waals surface area contributed by atoms with Crippen molar-refractivity contribution in [3.63, 3.8) is 0 Å². The maximum Gasteiger partial charge on any atom is 0.320 e. The molecular weight excluding hydrogens is 236 g/mol. The third-order valence-corrected chi connectivity index (χ3v) is 2.51. The number of nitrogens with two attached hydrogens (primary N) is 1. The molecule has 1 aromatic rings. The van der Waals surface area contributed by atoms with Crippen molar-refractivity contribution in [2.24, 2.45) is 5.73 Å². The minimum atomic E-state index is -1.07. The van der Waals surface area contributed by atoms with Crippen LogP contribution in [0, 0.1) is 0 Å². The number of carbonyl (C=O) groups excluding carboxylic acids is 1. The monoisotopic (exact) mass is 252 g/mol. The molecule has 0 aliphatic carbocycles. The highest BCUT2D eigenvalue weighted by Crippen LogP contribution is 2.20. The highest BCUT2D eigenvalue weighted by Gasteiger charge is 2.15. The van der Waals surface area contributed by atoms with Crippen LogP contribution in [0.5, 0.6) is 5.75 Å². The lowest BCUT2D eigenvalue weighted by molar-refractivity contribution is -0.138. The topological polar surface area (TPSA) is 102 Å². The van der Waals surface area contributed by atoms with E-state index in [0.29, 0.717) is 16.9 Å². The van der Waals surface area contributed by atoms with Crippen LogP contribution >= 0.6 is 0 Å². The number of methoxy groups -OCH3 is 1. The van der Waals surface area contributed by atoms with Gasteiger partial charge in [0.15, 0.2) is 0 Å². The lowest BCUT2D eigenvalue weighted by atomic mass is 10.0. The lowest BCUT2D eigenvalue weighted by Crippen LogP contribution is -2.32. The van der Waals surface area contributed by atoms with Crippen molar-refractivity contribution >= 4 is 11.9 Å². The molecule has 6 heteroatoms. The smallest absolute Gasteiger partial charge is 0.320 e. The van der Waals surface area contributed by atoms with Crippen LogP contribution in [0.3, 0.4) is 0 Å². The van der Waals surface area contributed by atoms with Crippen LogP contribution in [0.4, 0.5) is 0 Å². The van der Waals surface area contributed by atoms with Crippen LogP contribution < -0.4 is 15.8 Å². The SMILES string of the molecule is CNC(=O)c1ccc(CC(N)C(=O)O)cc1OC. The molecule has 0 aliphatic heterocycles. The molecule has 1 rings (SSSR count). The Morgan fingerprint density at radius 1 is 1.50 bits per heavy atom. The number of rotatable bonds is 5. The summed E-state index contributed by atoms with van der Waals surface area (Å²) in [6.45, 7) is 0. The zero-order valence-electron chi connectivity index (χ0n) is 10.3. The largest absolute Gasteiger partial charge is 0.496 e. The molecule has 1 aromatic carbocycles. The molecule has 1 amide bonds. The summed E-state index contributed by atoms with van der Waals surface area (Å²) in [7, 11) is 2.97. The number of hydrogen-bond donors (Lipinski definition) is 3. The average molecular weight is 252 g/mol. The second kappa shape index (κ2) is 6.02. The normalized spacial score (nSPS) is 11.7. The van der Waals surface area contributed by atoms with Gasteiger partial charge in [0.2, 0.25) is 0 Å². The van der Waals surface area contributed by atoms with Gasteiger partial charge in [0.25, 0.3) is 5.91 Å². The van der Waals surface area contributed by atoms with Crippen molar-refractivity contribution in [3.8, 4) is 5.75 Å². The number of nitrogens with one attached hydrogen (secondary N) is 1. The fraction of sp³-hybridized carbons (Fsp3) is 0.333. The molecule has 0 radical (unpaired) electrons. The number of aliphatic carboxylic acids is 1. The predicted molar refractivity (Wildman–Crippen MR) is 65.7 cm³/mol. The van der Waals surface area contributed by atoms with Crippen LogP contribution in [0.15, 0.2) is 18.2 Å². The second-order valence-electron chi connectivity index (χ2n) is 3.76. The highest BCUT2D eigenvalue weighted by atomic mass is 16.5. The van der Waals surface area contributed by atoms with Gasteiger partial charge in [0.05, 0.1) is 12.7 Å². The number of ether oxygens (including phenoxy) is 1. The first kappa shape index (κ1) is 14.0. The zero-order chi connectivity index (χ0) is 13.7. The number of carbonyl (C=O) groups is 2. The van der Waals surface area contributed by atoms with Gasteiger partial charge in [-0.05, 0) is 24.1 Å². The third-order valence-electron chi connectivity index (χ3n) is 2.51. The van der Waals surface area contributed by atoms with E-state index in [1.807, 2.05) is 0 Å². The van der Waals surface area contributed by atoms with Gasteiger partial charge in [-0.25, -0.2) is 0 Å². The van der Waals surface area contributed by atoms with E-state index in [4.69, 9.17) is 15.6 Å². The summed E-state index contributed by atoms with van der Waals surface area (Å²) in [4.78, 5) is 22.2. The number of carboxylic acids is 1. The summed E-state index contributed by atoms with van der Waals surface area (Å²) in [6.07, 6.45) is 0.180. The summed E-state index contributed by atoms with van der Waals surface area (Å²) in [5.41, 5.74) is 6.54. The summed E-state index contributed by atoms with van der Waals surface area (Å²) in [5.74, 6) is -0.935. The van der Waals surface area contributed by atoms with Crippen LogP contribution in [0.1, 0.15) is 15.9 Å². The van der Waals surface area contributed by atoms with Gasteiger partial charge >= 0.3 is 5.97 Å². The summed E-state index contributed by atoms with van der Waals surface area (Å²) in [5, 5.41) is 11.2.